The third-order valence-electron chi connectivity index (χ3n) is 1.97. The minimum atomic E-state index is -0.231. The van der Waals surface area contributed by atoms with Gasteiger partial charge in [0, 0.05) is 12.3 Å². The van der Waals surface area contributed by atoms with Crippen molar-refractivity contribution in [3.8, 4) is 11.4 Å². The lowest BCUT2D eigenvalue weighted by molar-refractivity contribution is 0.986. The summed E-state index contributed by atoms with van der Waals surface area (Å²) in [4.78, 5) is 15.0. The Balaban J connectivity index is 2.54. The van der Waals surface area contributed by atoms with E-state index in [-0.39, 0.29) is 5.56 Å². The van der Waals surface area contributed by atoms with Crippen LogP contribution >= 0.6 is 11.6 Å². The Morgan fingerprint density at radius 3 is 2.80 bits per heavy atom. The van der Waals surface area contributed by atoms with Crippen LogP contribution in [0.5, 0.6) is 0 Å². The Kier molecular flexibility index (Phi) is 2.51. The number of nitrogens with one attached hydrogen (secondary N) is 1. The monoisotopic (exact) mass is 221 g/mol. The number of pyridine rings is 1. The Bertz CT molecular complexity index is 530. The van der Waals surface area contributed by atoms with E-state index in [1.807, 2.05) is 6.92 Å². The molecule has 76 valence electrons. The summed E-state index contributed by atoms with van der Waals surface area (Å²) in [6, 6.07) is 4.84. The highest BCUT2D eigenvalue weighted by molar-refractivity contribution is 6.30. The molecule has 15 heavy (non-hydrogen) atoms. The van der Waals surface area contributed by atoms with Crippen LogP contribution in [0.15, 0.2) is 29.2 Å². The second-order valence-corrected chi connectivity index (χ2v) is 3.56. The van der Waals surface area contributed by atoms with Crippen molar-refractivity contribution in [1.29, 1.82) is 0 Å². The number of aromatic amines is 1. The first kappa shape index (κ1) is 9.86. The van der Waals surface area contributed by atoms with Crippen LogP contribution in [0.1, 0.15) is 5.56 Å². The molecule has 0 aliphatic heterocycles. The molecular formula is C10H8ClN3O. The number of aryl methyl sites for hydroxylation is 1. The highest BCUT2D eigenvalue weighted by Crippen LogP contribution is 2.19. The molecule has 0 atom stereocenters. The molecule has 0 bridgehead atoms. The molecule has 0 radical (unpaired) electrons. The predicted octanol–water partition coefficient (Wildman–Crippen LogP) is 1.79. The molecule has 0 saturated heterocycles. The molecule has 0 saturated carbocycles. The van der Waals surface area contributed by atoms with Gasteiger partial charge in [0.15, 0.2) is 0 Å². The van der Waals surface area contributed by atoms with Gasteiger partial charge in [-0.2, -0.15) is 5.10 Å². The van der Waals surface area contributed by atoms with E-state index in [0.29, 0.717) is 10.7 Å². The molecule has 2 aromatic heterocycles. The second kappa shape index (κ2) is 3.82. The van der Waals surface area contributed by atoms with Gasteiger partial charge in [-0.3, -0.25) is 9.78 Å². The smallest absolute Gasteiger partial charge is 0.264 e. The number of hydrogen-bond donors (Lipinski definition) is 1. The maximum Gasteiger partial charge on any atom is 0.264 e. The number of halogens is 1. The quantitative estimate of drug-likeness (QED) is 0.799. The Morgan fingerprint density at radius 1 is 1.40 bits per heavy atom. The highest BCUT2D eigenvalue weighted by atomic mass is 35.5. The molecule has 0 aromatic carbocycles. The van der Waals surface area contributed by atoms with E-state index in [2.05, 4.69) is 15.2 Å². The van der Waals surface area contributed by atoms with Gasteiger partial charge >= 0.3 is 0 Å². The van der Waals surface area contributed by atoms with Crippen LogP contribution < -0.4 is 5.56 Å². The van der Waals surface area contributed by atoms with Crippen LogP contribution in [0.25, 0.3) is 11.4 Å². The molecule has 0 amide bonds. The molecule has 2 heterocycles. The molecule has 4 nitrogen and oxygen atoms in total. The van der Waals surface area contributed by atoms with E-state index in [4.69, 9.17) is 11.6 Å². The van der Waals surface area contributed by atoms with Gasteiger partial charge in [0.2, 0.25) is 0 Å². The van der Waals surface area contributed by atoms with Crippen LogP contribution in [0.2, 0.25) is 5.02 Å². The van der Waals surface area contributed by atoms with E-state index in [1.165, 1.54) is 6.07 Å². The van der Waals surface area contributed by atoms with E-state index < -0.39 is 0 Å². The summed E-state index contributed by atoms with van der Waals surface area (Å²) in [5, 5.41) is 6.84. The first-order valence-electron chi connectivity index (χ1n) is 4.35. The van der Waals surface area contributed by atoms with Crippen LogP contribution in [-0.2, 0) is 0 Å². The van der Waals surface area contributed by atoms with Crippen molar-refractivity contribution in [2.24, 2.45) is 0 Å². The maximum absolute atomic E-state index is 10.8. The van der Waals surface area contributed by atoms with Gasteiger partial charge in [-0.05, 0) is 24.6 Å². The zero-order valence-electron chi connectivity index (χ0n) is 7.99. The van der Waals surface area contributed by atoms with Gasteiger partial charge in [0.05, 0.1) is 10.7 Å². The molecule has 0 spiro atoms. The summed E-state index contributed by atoms with van der Waals surface area (Å²) in [6.45, 7) is 1.89. The van der Waals surface area contributed by atoms with Crippen LogP contribution in [-0.4, -0.2) is 15.2 Å². The lowest BCUT2D eigenvalue weighted by Crippen LogP contribution is -2.06. The maximum atomic E-state index is 10.8. The number of hydrogen-bond acceptors (Lipinski definition) is 3. The molecule has 2 rings (SSSR count). The van der Waals surface area contributed by atoms with Crippen molar-refractivity contribution >= 4 is 11.6 Å². The molecule has 1 N–H and O–H groups in total. The van der Waals surface area contributed by atoms with Crippen molar-refractivity contribution in [2.45, 2.75) is 6.92 Å². The fraction of sp³-hybridized carbons (Fsp3) is 0.100. The molecule has 5 heteroatoms. The van der Waals surface area contributed by atoms with E-state index in [9.17, 15) is 4.79 Å². The van der Waals surface area contributed by atoms with Gasteiger partial charge < -0.3 is 0 Å². The Morgan fingerprint density at radius 2 is 2.20 bits per heavy atom. The lowest BCUT2D eigenvalue weighted by atomic mass is 10.1. The van der Waals surface area contributed by atoms with Gasteiger partial charge in [-0.1, -0.05) is 11.6 Å². The van der Waals surface area contributed by atoms with Crippen molar-refractivity contribution < 1.29 is 0 Å². The highest BCUT2D eigenvalue weighted by Gasteiger charge is 2.05. The predicted molar refractivity (Wildman–Crippen MR) is 57.8 cm³/mol. The molecule has 0 aliphatic carbocycles. The molecule has 0 fully saturated rings. The van der Waals surface area contributed by atoms with Gasteiger partial charge in [0.25, 0.3) is 5.56 Å². The summed E-state index contributed by atoms with van der Waals surface area (Å²) in [5.74, 6) is 0. The fourth-order valence-electron chi connectivity index (χ4n) is 1.29. The van der Waals surface area contributed by atoms with Crippen molar-refractivity contribution in [1.82, 2.24) is 15.2 Å². The van der Waals surface area contributed by atoms with E-state index >= 15 is 0 Å². The zero-order chi connectivity index (χ0) is 10.8. The third kappa shape index (κ3) is 2.05. The lowest BCUT2D eigenvalue weighted by Gasteiger charge is -2.02. The summed E-state index contributed by atoms with van der Waals surface area (Å²) >= 11 is 5.79. The Hall–Kier alpha value is -1.68. The fourth-order valence-corrected chi connectivity index (χ4v) is 1.50. The summed E-state index contributed by atoms with van der Waals surface area (Å²) in [5.41, 5.74) is 2.03. The van der Waals surface area contributed by atoms with Gasteiger partial charge in [-0.25, -0.2) is 5.10 Å². The van der Waals surface area contributed by atoms with Crippen LogP contribution in [0.4, 0.5) is 0 Å². The molecular weight excluding hydrogens is 214 g/mol. The van der Waals surface area contributed by atoms with Crippen molar-refractivity contribution in [3.63, 3.8) is 0 Å². The van der Waals surface area contributed by atoms with E-state index in [1.54, 1.807) is 18.3 Å². The van der Waals surface area contributed by atoms with Crippen molar-refractivity contribution in [3.05, 3.63) is 45.3 Å². The largest absolute Gasteiger partial charge is 0.268 e. The summed E-state index contributed by atoms with van der Waals surface area (Å²) in [7, 11) is 0. The van der Waals surface area contributed by atoms with Gasteiger partial charge in [-0.15, -0.1) is 0 Å². The minimum Gasteiger partial charge on any atom is -0.268 e. The van der Waals surface area contributed by atoms with Gasteiger partial charge in [0.1, 0.15) is 5.69 Å². The minimum absolute atomic E-state index is 0.231. The average molecular weight is 222 g/mol. The van der Waals surface area contributed by atoms with Crippen LogP contribution in [0.3, 0.4) is 0 Å². The summed E-state index contributed by atoms with van der Waals surface area (Å²) in [6.07, 6.45) is 1.55. The number of aromatic nitrogens is 3. The molecule has 0 aliphatic rings. The third-order valence-corrected chi connectivity index (χ3v) is 2.17. The Labute approximate surface area is 90.9 Å². The average Bonchev–Trinajstić information content (AvgIpc) is 2.20. The second-order valence-electron chi connectivity index (χ2n) is 3.13. The number of H-pyrrole nitrogens is 1. The normalized spacial score (nSPS) is 10.3. The summed E-state index contributed by atoms with van der Waals surface area (Å²) < 4.78 is 0. The first-order valence-corrected chi connectivity index (χ1v) is 4.73. The van der Waals surface area contributed by atoms with Crippen molar-refractivity contribution in [2.75, 3.05) is 0 Å². The van der Waals surface area contributed by atoms with E-state index in [0.717, 1.165) is 11.3 Å². The zero-order valence-corrected chi connectivity index (χ0v) is 8.75. The first-order chi connectivity index (χ1) is 7.16. The SMILES string of the molecule is Cc1cc(Cl)cnc1-c1ccc(=O)[nH]n1. The van der Waals surface area contributed by atoms with Crippen LogP contribution in [0, 0.1) is 6.92 Å². The molecule has 2 aromatic rings. The number of rotatable bonds is 1. The number of nitrogens with zero attached hydrogens (tertiary/aromatic N) is 2. The molecule has 0 unspecified atom stereocenters. The topological polar surface area (TPSA) is 58.6 Å². The standard InChI is InChI=1S/C10H8ClN3O/c1-6-4-7(11)5-12-10(6)8-2-3-9(15)14-13-8/h2-5H,1H3,(H,14,15).